The van der Waals surface area contributed by atoms with Crippen LogP contribution in [0, 0.1) is 17.1 Å². The molecule has 0 aromatic heterocycles. The van der Waals surface area contributed by atoms with E-state index in [2.05, 4.69) is 10.6 Å². The molecule has 0 heterocycles. The van der Waals surface area contributed by atoms with Gasteiger partial charge in [-0.05, 0) is 54.8 Å². The zero-order valence-corrected chi connectivity index (χ0v) is 18.5. The van der Waals surface area contributed by atoms with Crippen molar-refractivity contribution in [2.24, 2.45) is 0 Å². The average molecular weight is 458 g/mol. The van der Waals surface area contributed by atoms with Gasteiger partial charge in [-0.3, -0.25) is 9.59 Å². The number of halogens is 1. The minimum atomic E-state index is -0.473. The van der Waals surface area contributed by atoms with Gasteiger partial charge in [0.05, 0.1) is 0 Å². The lowest BCUT2D eigenvalue weighted by molar-refractivity contribution is -0.118. The second kappa shape index (κ2) is 12.6. The number of benzene rings is 3. The van der Waals surface area contributed by atoms with Crippen molar-refractivity contribution in [3.63, 3.8) is 0 Å². The summed E-state index contributed by atoms with van der Waals surface area (Å²) in [5, 5.41) is 14.8. The minimum Gasteiger partial charge on any atom is -0.483 e. The molecule has 0 bridgehead atoms. The van der Waals surface area contributed by atoms with Crippen LogP contribution in [0.2, 0.25) is 0 Å². The summed E-state index contributed by atoms with van der Waals surface area (Å²) in [6.45, 7) is 0.143. The smallest absolute Gasteiger partial charge is 0.262 e. The van der Waals surface area contributed by atoms with E-state index in [9.17, 15) is 19.2 Å². The topological polar surface area (TPSA) is 91.2 Å². The molecule has 34 heavy (non-hydrogen) atoms. The molecule has 0 radical (unpaired) electrons. The van der Waals surface area contributed by atoms with E-state index in [1.54, 1.807) is 24.3 Å². The van der Waals surface area contributed by atoms with Crippen LogP contribution in [0.15, 0.2) is 84.4 Å². The van der Waals surface area contributed by atoms with Crippen LogP contribution >= 0.6 is 0 Å². The van der Waals surface area contributed by atoms with Gasteiger partial charge < -0.3 is 15.4 Å². The fourth-order valence-corrected chi connectivity index (χ4v) is 3.14. The van der Waals surface area contributed by atoms with Gasteiger partial charge in [0, 0.05) is 17.8 Å². The van der Waals surface area contributed by atoms with Crippen molar-refractivity contribution >= 4 is 23.6 Å². The van der Waals surface area contributed by atoms with E-state index in [0.717, 1.165) is 12.8 Å². The van der Waals surface area contributed by atoms with Gasteiger partial charge in [0.1, 0.15) is 23.2 Å². The number of hydrogen-bond acceptors (Lipinski definition) is 4. The van der Waals surface area contributed by atoms with Gasteiger partial charge in [-0.25, -0.2) is 4.39 Å². The number of rotatable bonds is 10. The van der Waals surface area contributed by atoms with Crippen molar-refractivity contribution in [2.75, 3.05) is 18.5 Å². The highest BCUT2D eigenvalue weighted by Crippen LogP contribution is 2.21. The zero-order valence-electron chi connectivity index (χ0n) is 18.5. The summed E-state index contributed by atoms with van der Waals surface area (Å²) in [7, 11) is 0. The molecule has 0 aliphatic rings. The molecule has 0 fully saturated rings. The van der Waals surface area contributed by atoms with Crippen molar-refractivity contribution in [1.29, 1.82) is 5.26 Å². The highest BCUT2D eigenvalue weighted by atomic mass is 19.1. The molecule has 2 N–H and O–H groups in total. The van der Waals surface area contributed by atoms with Crippen molar-refractivity contribution in [3.05, 3.63) is 101 Å². The monoisotopic (exact) mass is 457 g/mol. The lowest BCUT2D eigenvalue weighted by atomic mass is 10.1. The number of aryl methyl sites for hydroxylation is 1. The van der Waals surface area contributed by atoms with Crippen LogP contribution in [0.3, 0.4) is 0 Å². The van der Waals surface area contributed by atoms with E-state index in [4.69, 9.17) is 4.74 Å². The number of carbonyl (C=O) groups is 2. The summed E-state index contributed by atoms with van der Waals surface area (Å²) in [5.74, 6) is -0.952. The molecule has 3 rings (SSSR count). The summed E-state index contributed by atoms with van der Waals surface area (Å²) in [4.78, 5) is 24.6. The summed E-state index contributed by atoms with van der Waals surface area (Å²) >= 11 is 0. The molecular formula is C27H24FN3O3. The zero-order chi connectivity index (χ0) is 24.2. The number of ether oxygens (including phenoxy) is 1. The predicted octanol–water partition coefficient (Wildman–Crippen LogP) is 4.50. The van der Waals surface area contributed by atoms with E-state index in [1.165, 1.54) is 35.9 Å². The first-order valence-electron chi connectivity index (χ1n) is 10.8. The molecule has 0 spiro atoms. The van der Waals surface area contributed by atoms with Gasteiger partial charge in [-0.1, -0.05) is 48.5 Å². The van der Waals surface area contributed by atoms with Crippen LogP contribution < -0.4 is 15.4 Å². The van der Waals surface area contributed by atoms with Gasteiger partial charge in [0.25, 0.3) is 11.8 Å². The van der Waals surface area contributed by atoms with E-state index in [1.807, 2.05) is 36.4 Å². The lowest BCUT2D eigenvalue weighted by Gasteiger charge is -2.10. The van der Waals surface area contributed by atoms with Gasteiger partial charge >= 0.3 is 0 Å². The maximum atomic E-state index is 13.0. The van der Waals surface area contributed by atoms with Gasteiger partial charge in [-0.15, -0.1) is 0 Å². The molecule has 7 heteroatoms. The third kappa shape index (κ3) is 7.61. The SMILES string of the molecule is N#C/C(=C/c1ccccc1OCC(=O)Nc1ccc(F)cc1)C(=O)NCCCc1ccccc1. The summed E-state index contributed by atoms with van der Waals surface area (Å²) in [6, 6.07) is 24.0. The fourth-order valence-electron chi connectivity index (χ4n) is 3.14. The van der Waals surface area contributed by atoms with Crippen molar-refractivity contribution in [3.8, 4) is 11.8 Å². The Morgan fingerprint density at radius 2 is 1.68 bits per heavy atom. The van der Waals surface area contributed by atoms with Gasteiger partial charge in [0.15, 0.2) is 6.61 Å². The first-order chi connectivity index (χ1) is 16.5. The van der Waals surface area contributed by atoms with Crippen molar-refractivity contribution in [2.45, 2.75) is 12.8 Å². The Bertz CT molecular complexity index is 1190. The number of anilines is 1. The first-order valence-corrected chi connectivity index (χ1v) is 10.8. The van der Waals surface area contributed by atoms with Crippen molar-refractivity contribution in [1.82, 2.24) is 5.32 Å². The number of carbonyl (C=O) groups excluding carboxylic acids is 2. The molecule has 3 aromatic carbocycles. The highest BCUT2D eigenvalue weighted by molar-refractivity contribution is 6.02. The standard InChI is InChI=1S/C27H24FN3O3/c28-23-12-14-24(15-13-23)31-26(32)19-34-25-11-5-4-10-21(25)17-22(18-29)27(33)30-16-6-9-20-7-2-1-3-8-20/h1-5,7-8,10-15,17H,6,9,16,19H2,(H,30,33)(H,31,32)/b22-17-. The number of nitrogens with zero attached hydrogens (tertiary/aromatic N) is 1. The largest absolute Gasteiger partial charge is 0.483 e. The van der Waals surface area contributed by atoms with Crippen LogP contribution in [0.5, 0.6) is 5.75 Å². The Labute approximate surface area is 197 Å². The van der Waals surface area contributed by atoms with Gasteiger partial charge in [-0.2, -0.15) is 5.26 Å². The molecule has 0 saturated heterocycles. The number of nitriles is 1. The summed E-state index contributed by atoms with van der Waals surface area (Å²) in [5.41, 5.74) is 2.06. The Hall–Kier alpha value is -4.44. The van der Waals surface area contributed by atoms with Crippen molar-refractivity contribution < 1.29 is 18.7 Å². The van der Waals surface area contributed by atoms with Crippen LogP contribution in [0.25, 0.3) is 6.08 Å². The Kier molecular flexibility index (Phi) is 8.94. The fraction of sp³-hybridized carbons (Fsp3) is 0.148. The number of hydrogen-bond donors (Lipinski definition) is 2. The Morgan fingerprint density at radius 1 is 0.971 bits per heavy atom. The quantitative estimate of drug-likeness (QED) is 0.266. The van der Waals surface area contributed by atoms with Crippen LogP contribution in [0.1, 0.15) is 17.5 Å². The van der Waals surface area contributed by atoms with Crippen LogP contribution in [-0.2, 0) is 16.0 Å². The molecule has 0 aliphatic carbocycles. The number of nitrogens with one attached hydrogen (secondary N) is 2. The number of para-hydroxylation sites is 1. The molecule has 0 atom stereocenters. The molecule has 6 nitrogen and oxygen atoms in total. The molecule has 0 unspecified atom stereocenters. The third-order valence-electron chi connectivity index (χ3n) is 4.84. The average Bonchev–Trinajstić information content (AvgIpc) is 2.86. The van der Waals surface area contributed by atoms with E-state index >= 15 is 0 Å². The van der Waals surface area contributed by atoms with Gasteiger partial charge in [0.2, 0.25) is 0 Å². The highest BCUT2D eigenvalue weighted by Gasteiger charge is 2.11. The van der Waals surface area contributed by atoms with E-state index < -0.39 is 17.6 Å². The molecule has 0 aliphatic heterocycles. The molecule has 0 saturated carbocycles. The molecular weight excluding hydrogens is 433 g/mol. The lowest BCUT2D eigenvalue weighted by Crippen LogP contribution is -2.25. The molecule has 3 aromatic rings. The second-order valence-corrected chi connectivity index (χ2v) is 7.40. The van der Waals surface area contributed by atoms with Crippen LogP contribution in [0.4, 0.5) is 10.1 Å². The summed E-state index contributed by atoms with van der Waals surface area (Å²) < 4.78 is 18.6. The maximum absolute atomic E-state index is 13.0. The Morgan fingerprint density at radius 3 is 2.41 bits per heavy atom. The third-order valence-corrected chi connectivity index (χ3v) is 4.84. The first kappa shape index (κ1) is 24.2. The maximum Gasteiger partial charge on any atom is 0.262 e. The summed E-state index contributed by atoms with van der Waals surface area (Å²) in [6.07, 6.45) is 3.00. The normalized spacial score (nSPS) is 10.8. The minimum absolute atomic E-state index is 0.0634. The molecule has 2 amide bonds. The number of amides is 2. The van der Waals surface area contributed by atoms with E-state index in [-0.39, 0.29) is 12.2 Å². The van der Waals surface area contributed by atoms with Crippen LogP contribution in [-0.4, -0.2) is 25.0 Å². The van der Waals surface area contributed by atoms with E-state index in [0.29, 0.717) is 23.5 Å². The second-order valence-electron chi connectivity index (χ2n) is 7.40. The Balaban J connectivity index is 1.55. The molecule has 172 valence electrons. The predicted molar refractivity (Wildman–Crippen MR) is 128 cm³/mol.